The Bertz CT molecular complexity index is 528. The maximum Gasteiger partial charge on any atom is 0.409 e. The average molecular weight is 306 g/mol. The third-order valence-corrected chi connectivity index (χ3v) is 3.38. The van der Waals surface area contributed by atoms with E-state index < -0.39 is 0 Å². The van der Waals surface area contributed by atoms with E-state index in [0.29, 0.717) is 56.7 Å². The number of piperazine rings is 1. The molecule has 0 spiro atoms. The minimum Gasteiger partial charge on any atom is -0.450 e. The first-order chi connectivity index (χ1) is 10.7. The Balaban J connectivity index is 2.02. The van der Waals surface area contributed by atoms with Crippen LogP contribution in [0.15, 0.2) is 19.0 Å². The predicted molar refractivity (Wildman–Crippen MR) is 85.9 cm³/mol. The molecule has 2 rings (SSSR count). The lowest BCUT2D eigenvalue weighted by atomic mass is 10.3. The van der Waals surface area contributed by atoms with E-state index in [1.165, 1.54) is 6.33 Å². The molecule has 8 nitrogen and oxygen atoms in total. The molecule has 0 atom stereocenters. The SMILES string of the molecule is C=CCNc1ncnc(N2CCN(C(=O)OCC)CC2)c1N. The van der Waals surface area contributed by atoms with Crippen molar-refractivity contribution in [1.29, 1.82) is 0 Å². The number of ether oxygens (including phenoxy) is 1. The Morgan fingerprint density at radius 2 is 2.18 bits per heavy atom. The third kappa shape index (κ3) is 3.57. The first-order valence-electron chi connectivity index (χ1n) is 7.29. The van der Waals surface area contributed by atoms with Crippen molar-refractivity contribution in [1.82, 2.24) is 14.9 Å². The van der Waals surface area contributed by atoms with Crippen LogP contribution < -0.4 is 16.0 Å². The zero-order chi connectivity index (χ0) is 15.9. The number of hydrogen-bond acceptors (Lipinski definition) is 7. The van der Waals surface area contributed by atoms with Crippen LogP contribution in [0.1, 0.15) is 6.92 Å². The highest BCUT2D eigenvalue weighted by Crippen LogP contribution is 2.26. The molecule has 8 heteroatoms. The van der Waals surface area contributed by atoms with Gasteiger partial charge in [-0.05, 0) is 6.92 Å². The number of aromatic nitrogens is 2. The molecule has 3 N–H and O–H groups in total. The van der Waals surface area contributed by atoms with E-state index in [1.807, 2.05) is 4.90 Å². The fraction of sp³-hybridized carbons (Fsp3) is 0.500. The lowest BCUT2D eigenvalue weighted by Gasteiger charge is -2.35. The molecule has 0 radical (unpaired) electrons. The molecular weight excluding hydrogens is 284 g/mol. The molecule has 1 fully saturated rings. The molecule has 0 aliphatic carbocycles. The van der Waals surface area contributed by atoms with Gasteiger partial charge in [0.05, 0.1) is 6.61 Å². The molecule has 1 aliphatic rings. The van der Waals surface area contributed by atoms with Crippen LogP contribution in [0.4, 0.5) is 22.1 Å². The molecule has 1 aliphatic heterocycles. The number of nitrogens with zero attached hydrogens (tertiary/aromatic N) is 4. The van der Waals surface area contributed by atoms with Gasteiger partial charge in [0, 0.05) is 32.7 Å². The van der Waals surface area contributed by atoms with E-state index in [1.54, 1.807) is 17.9 Å². The standard InChI is InChI=1S/C14H22N6O2/c1-3-5-16-12-11(15)13(18-10-17-12)19-6-8-20(9-7-19)14(21)22-4-2/h3,10H,1,4-9,15H2,2H3,(H,16,17,18). The minimum absolute atomic E-state index is 0.272. The van der Waals surface area contributed by atoms with Gasteiger partial charge in [-0.25, -0.2) is 14.8 Å². The predicted octanol–water partition coefficient (Wildman–Crippen LogP) is 0.935. The van der Waals surface area contributed by atoms with Crippen molar-refractivity contribution in [2.45, 2.75) is 6.92 Å². The molecule has 1 aromatic rings. The van der Waals surface area contributed by atoms with Crippen molar-refractivity contribution in [2.24, 2.45) is 0 Å². The Labute approximate surface area is 130 Å². The Hall–Kier alpha value is -2.51. The lowest BCUT2D eigenvalue weighted by molar-refractivity contribution is 0.105. The van der Waals surface area contributed by atoms with E-state index in [2.05, 4.69) is 21.9 Å². The van der Waals surface area contributed by atoms with Crippen molar-refractivity contribution in [3.63, 3.8) is 0 Å². The van der Waals surface area contributed by atoms with E-state index in [-0.39, 0.29) is 6.09 Å². The number of anilines is 3. The van der Waals surface area contributed by atoms with E-state index >= 15 is 0 Å². The summed E-state index contributed by atoms with van der Waals surface area (Å²) in [6, 6.07) is 0. The van der Waals surface area contributed by atoms with Crippen LogP contribution in [-0.4, -0.2) is 60.3 Å². The number of nitrogens with two attached hydrogens (primary N) is 1. The molecule has 2 heterocycles. The van der Waals surface area contributed by atoms with Crippen molar-refractivity contribution in [3.8, 4) is 0 Å². The van der Waals surface area contributed by atoms with E-state index in [9.17, 15) is 4.79 Å². The normalized spacial score (nSPS) is 14.6. The zero-order valence-corrected chi connectivity index (χ0v) is 12.8. The van der Waals surface area contributed by atoms with Gasteiger partial charge in [0.15, 0.2) is 11.6 Å². The topological polar surface area (TPSA) is 96.6 Å². The van der Waals surface area contributed by atoms with Gasteiger partial charge < -0.3 is 25.6 Å². The summed E-state index contributed by atoms with van der Waals surface area (Å²) in [5, 5.41) is 3.08. The Kier molecular flexibility index (Phi) is 5.40. The highest BCUT2D eigenvalue weighted by atomic mass is 16.6. The summed E-state index contributed by atoms with van der Waals surface area (Å²) in [4.78, 5) is 23.8. The summed E-state index contributed by atoms with van der Waals surface area (Å²) in [6.07, 6.45) is 2.94. The molecule has 120 valence electrons. The average Bonchev–Trinajstić information content (AvgIpc) is 2.54. The first-order valence-corrected chi connectivity index (χ1v) is 7.29. The number of nitrogen functional groups attached to an aromatic ring is 1. The second-order valence-electron chi connectivity index (χ2n) is 4.80. The van der Waals surface area contributed by atoms with Gasteiger partial charge in [-0.2, -0.15) is 0 Å². The smallest absolute Gasteiger partial charge is 0.409 e. The monoisotopic (exact) mass is 306 g/mol. The minimum atomic E-state index is -0.272. The second-order valence-corrected chi connectivity index (χ2v) is 4.80. The molecule has 0 bridgehead atoms. The number of carbonyl (C=O) groups excluding carboxylic acids is 1. The summed E-state index contributed by atoms with van der Waals surface area (Å²) in [7, 11) is 0. The number of carbonyl (C=O) groups is 1. The highest BCUT2D eigenvalue weighted by Gasteiger charge is 2.24. The summed E-state index contributed by atoms with van der Waals surface area (Å²) >= 11 is 0. The second kappa shape index (κ2) is 7.48. The van der Waals surface area contributed by atoms with Crippen molar-refractivity contribution >= 4 is 23.4 Å². The van der Waals surface area contributed by atoms with Gasteiger partial charge in [-0.15, -0.1) is 6.58 Å². The quantitative estimate of drug-likeness (QED) is 0.781. The summed E-state index contributed by atoms with van der Waals surface area (Å²) in [6.45, 7) is 8.89. The fourth-order valence-electron chi connectivity index (χ4n) is 2.26. The van der Waals surface area contributed by atoms with Gasteiger partial charge in [-0.1, -0.05) is 6.08 Å². The molecule has 1 saturated heterocycles. The van der Waals surface area contributed by atoms with E-state index in [0.717, 1.165) is 0 Å². The largest absolute Gasteiger partial charge is 0.450 e. The van der Waals surface area contributed by atoms with Crippen LogP contribution in [-0.2, 0) is 4.74 Å². The molecule has 1 aromatic heterocycles. The van der Waals surface area contributed by atoms with Crippen LogP contribution >= 0.6 is 0 Å². The summed E-state index contributed by atoms with van der Waals surface area (Å²) in [5.74, 6) is 1.28. The lowest BCUT2D eigenvalue weighted by Crippen LogP contribution is -2.49. The van der Waals surface area contributed by atoms with Gasteiger partial charge >= 0.3 is 6.09 Å². The fourth-order valence-corrected chi connectivity index (χ4v) is 2.26. The number of rotatable bonds is 5. The zero-order valence-electron chi connectivity index (χ0n) is 12.8. The van der Waals surface area contributed by atoms with Crippen molar-refractivity contribution in [3.05, 3.63) is 19.0 Å². The Morgan fingerprint density at radius 1 is 1.45 bits per heavy atom. The number of nitrogens with one attached hydrogen (secondary N) is 1. The molecular formula is C14H22N6O2. The van der Waals surface area contributed by atoms with Crippen LogP contribution in [0, 0.1) is 0 Å². The molecule has 0 saturated carbocycles. The van der Waals surface area contributed by atoms with Gasteiger partial charge in [-0.3, -0.25) is 0 Å². The van der Waals surface area contributed by atoms with Crippen LogP contribution in [0.3, 0.4) is 0 Å². The van der Waals surface area contributed by atoms with Gasteiger partial charge in [0.2, 0.25) is 0 Å². The van der Waals surface area contributed by atoms with E-state index in [4.69, 9.17) is 10.5 Å². The number of hydrogen-bond donors (Lipinski definition) is 2. The maximum absolute atomic E-state index is 11.7. The van der Waals surface area contributed by atoms with Gasteiger partial charge in [0.25, 0.3) is 0 Å². The van der Waals surface area contributed by atoms with Crippen molar-refractivity contribution < 1.29 is 9.53 Å². The van der Waals surface area contributed by atoms with Crippen LogP contribution in [0.5, 0.6) is 0 Å². The molecule has 0 unspecified atom stereocenters. The number of amides is 1. The maximum atomic E-state index is 11.7. The van der Waals surface area contributed by atoms with Crippen LogP contribution in [0.2, 0.25) is 0 Å². The summed E-state index contributed by atoms with van der Waals surface area (Å²) in [5.41, 5.74) is 6.64. The molecule has 22 heavy (non-hydrogen) atoms. The third-order valence-electron chi connectivity index (χ3n) is 3.38. The highest BCUT2D eigenvalue weighted by molar-refractivity contribution is 5.75. The van der Waals surface area contributed by atoms with Crippen LogP contribution in [0.25, 0.3) is 0 Å². The summed E-state index contributed by atoms with van der Waals surface area (Å²) < 4.78 is 5.01. The molecule has 1 amide bonds. The first kappa shape index (κ1) is 15.9. The Morgan fingerprint density at radius 3 is 2.82 bits per heavy atom. The van der Waals surface area contributed by atoms with Gasteiger partial charge in [0.1, 0.15) is 12.0 Å². The van der Waals surface area contributed by atoms with Crippen molar-refractivity contribution in [2.75, 3.05) is 55.3 Å². The molecule has 0 aromatic carbocycles.